The highest BCUT2D eigenvalue weighted by atomic mass is 19.4. The van der Waals surface area contributed by atoms with Crippen molar-refractivity contribution in [3.8, 4) is 0 Å². The Labute approximate surface area is 108 Å². The van der Waals surface area contributed by atoms with Crippen LogP contribution in [-0.4, -0.2) is 28.7 Å². The molecule has 19 heavy (non-hydrogen) atoms. The summed E-state index contributed by atoms with van der Waals surface area (Å²) in [6.07, 6.45) is -3.71. The zero-order valence-electron chi connectivity index (χ0n) is 10.6. The third-order valence-electron chi connectivity index (χ3n) is 2.26. The van der Waals surface area contributed by atoms with Crippen LogP contribution in [0.1, 0.15) is 26.0 Å². The van der Waals surface area contributed by atoms with Crippen LogP contribution in [0.4, 0.5) is 19.0 Å². The molecule has 0 saturated carbocycles. The van der Waals surface area contributed by atoms with Crippen molar-refractivity contribution >= 4 is 11.7 Å². The minimum absolute atomic E-state index is 0.118. The normalized spacial score (nSPS) is 12.9. The second-order valence-corrected chi connectivity index (χ2v) is 3.96. The number of carbonyl (C=O) groups excluding carboxylic acids is 1. The van der Waals surface area contributed by atoms with Gasteiger partial charge in [0.05, 0.1) is 0 Å². The summed E-state index contributed by atoms with van der Waals surface area (Å²) >= 11 is 0. The van der Waals surface area contributed by atoms with E-state index in [9.17, 15) is 18.0 Å². The Hall–Kier alpha value is -1.86. The first-order valence-electron chi connectivity index (χ1n) is 5.79. The average Bonchev–Trinajstić information content (AvgIpc) is 2.35. The van der Waals surface area contributed by atoms with Gasteiger partial charge in [0.1, 0.15) is 11.9 Å². The summed E-state index contributed by atoms with van der Waals surface area (Å²) < 4.78 is 36.8. The number of hydrogen-bond acceptors (Lipinski definition) is 4. The SMILES string of the molecule is CCCNC(=O)C(C)Nc1ccc(C(F)(F)F)nn1. The fourth-order valence-electron chi connectivity index (χ4n) is 1.25. The quantitative estimate of drug-likeness (QED) is 0.861. The topological polar surface area (TPSA) is 66.9 Å². The molecule has 8 heteroatoms. The summed E-state index contributed by atoms with van der Waals surface area (Å²) in [5.41, 5.74) is -1.07. The summed E-state index contributed by atoms with van der Waals surface area (Å²) in [7, 11) is 0. The van der Waals surface area contributed by atoms with Gasteiger partial charge in [-0.1, -0.05) is 6.92 Å². The van der Waals surface area contributed by atoms with Crippen molar-refractivity contribution in [3.63, 3.8) is 0 Å². The Morgan fingerprint density at radius 3 is 2.53 bits per heavy atom. The molecule has 0 bridgehead atoms. The van der Waals surface area contributed by atoms with E-state index in [0.29, 0.717) is 6.54 Å². The second-order valence-electron chi connectivity index (χ2n) is 3.96. The zero-order chi connectivity index (χ0) is 14.5. The Morgan fingerprint density at radius 2 is 2.05 bits per heavy atom. The number of carbonyl (C=O) groups is 1. The highest BCUT2D eigenvalue weighted by Gasteiger charge is 2.32. The Balaban J connectivity index is 2.60. The van der Waals surface area contributed by atoms with Gasteiger partial charge >= 0.3 is 6.18 Å². The number of nitrogens with zero attached hydrogens (tertiary/aromatic N) is 2. The Morgan fingerprint density at radius 1 is 1.37 bits per heavy atom. The number of hydrogen-bond donors (Lipinski definition) is 2. The summed E-state index contributed by atoms with van der Waals surface area (Å²) in [5.74, 6) is -0.129. The summed E-state index contributed by atoms with van der Waals surface area (Å²) in [4.78, 5) is 11.5. The molecule has 0 spiro atoms. The lowest BCUT2D eigenvalue weighted by Gasteiger charge is -2.14. The molecule has 1 rings (SSSR count). The standard InChI is InChI=1S/C11H15F3N4O/c1-3-6-15-10(19)7(2)16-9-5-4-8(17-18-9)11(12,13)14/h4-5,7H,3,6H2,1-2H3,(H,15,19)(H,16,18). The van der Waals surface area contributed by atoms with E-state index < -0.39 is 17.9 Å². The van der Waals surface area contributed by atoms with Gasteiger partial charge in [0.2, 0.25) is 5.91 Å². The highest BCUT2D eigenvalue weighted by molar-refractivity contribution is 5.83. The smallest absolute Gasteiger partial charge is 0.357 e. The number of halogens is 3. The van der Waals surface area contributed by atoms with Crippen LogP contribution in [0.15, 0.2) is 12.1 Å². The van der Waals surface area contributed by atoms with E-state index in [2.05, 4.69) is 20.8 Å². The van der Waals surface area contributed by atoms with Gasteiger partial charge < -0.3 is 10.6 Å². The van der Waals surface area contributed by atoms with Crippen molar-refractivity contribution in [2.45, 2.75) is 32.5 Å². The monoisotopic (exact) mass is 276 g/mol. The predicted octanol–water partition coefficient (Wildman–Crippen LogP) is 1.82. The average molecular weight is 276 g/mol. The number of nitrogens with one attached hydrogen (secondary N) is 2. The van der Waals surface area contributed by atoms with Crippen molar-refractivity contribution < 1.29 is 18.0 Å². The van der Waals surface area contributed by atoms with Gasteiger partial charge in [0.25, 0.3) is 0 Å². The Bertz CT molecular complexity index is 419. The number of alkyl halides is 3. The largest absolute Gasteiger partial charge is 0.435 e. The molecule has 0 aliphatic carbocycles. The summed E-state index contributed by atoms with van der Waals surface area (Å²) in [6, 6.07) is 1.35. The van der Waals surface area contributed by atoms with Crippen LogP contribution in [0.5, 0.6) is 0 Å². The maximum Gasteiger partial charge on any atom is 0.435 e. The van der Waals surface area contributed by atoms with Crippen LogP contribution in [-0.2, 0) is 11.0 Å². The lowest BCUT2D eigenvalue weighted by atomic mass is 10.3. The molecule has 2 N–H and O–H groups in total. The van der Waals surface area contributed by atoms with E-state index in [4.69, 9.17) is 0 Å². The molecule has 1 amide bonds. The van der Waals surface area contributed by atoms with Gasteiger partial charge in [-0.3, -0.25) is 4.79 Å². The van der Waals surface area contributed by atoms with Crippen LogP contribution in [0.2, 0.25) is 0 Å². The van der Waals surface area contributed by atoms with E-state index in [-0.39, 0.29) is 11.7 Å². The van der Waals surface area contributed by atoms with Crippen LogP contribution < -0.4 is 10.6 Å². The molecule has 0 aromatic carbocycles. The first kappa shape index (κ1) is 15.2. The molecular formula is C11H15F3N4O. The molecule has 1 aromatic rings. The molecule has 0 fully saturated rings. The van der Waals surface area contributed by atoms with Crippen LogP contribution in [0.25, 0.3) is 0 Å². The van der Waals surface area contributed by atoms with Crippen molar-refractivity contribution in [3.05, 3.63) is 17.8 Å². The van der Waals surface area contributed by atoms with Gasteiger partial charge in [-0.05, 0) is 25.5 Å². The number of amides is 1. The fraction of sp³-hybridized carbons (Fsp3) is 0.545. The minimum Gasteiger partial charge on any atom is -0.357 e. The lowest BCUT2D eigenvalue weighted by Crippen LogP contribution is -2.38. The first-order chi connectivity index (χ1) is 8.84. The van der Waals surface area contributed by atoms with E-state index in [1.165, 1.54) is 0 Å². The number of rotatable bonds is 5. The molecule has 106 valence electrons. The zero-order valence-corrected chi connectivity index (χ0v) is 10.6. The maximum absolute atomic E-state index is 12.3. The second kappa shape index (κ2) is 6.35. The van der Waals surface area contributed by atoms with Crippen LogP contribution in [0.3, 0.4) is 0 Å². The van der Waals surface area contributed by atoms with E-state index in [1.54, 1.807) is 6.92 Å². The van der Waals surface area contributed by atoms with Gasteiger partial charge in [-0.2, -0.15) is 13.2 Å². The van der Waals surface area contributed by atoms with Crippen molar-refractivity contribution in [2.75, 3.05) is 11.9 Å². The summed E-state index contributed by atoms with van der Waals surface area (Å²) in [5, 5.41) is 11.8. The van der Waals surface area contributed by atoms with Gasteiger partial charge in [0, 0.05) is 6.54 Å². The summed E-state index contributed by atoms with van der Waals surface area (Å²) in [6.45, 7) is 4.05. The molecule has 0 radical (unpaired) electrons. The molecule has 1 heterocycles. The number of aromatic nitrogens is 2. The minimum atomic E-state index is -4.52. The van der Waals surface area contributed by atoms with E-state index in [0.717, 1.165) is 18.6 Å². The van der Waals surface area contributed by atoms with Gasteiger partial charge in [-0.15, -0.1) is 10.2 Å². The molecule has 0 saturated heterocycles. The lowest BCUT2D eigenvalue weighted by molar-refractivity contribution is -0.141. The highest BCUT2D eigenvalue weighted by Crippen LogP contribution is 2.27. The van der Waals surface area contributed by atoms with Crippen molar-refractivity contribution in [1.29, 1.82) is 0 Å². The molecule has 0 aliphatic rings. The molecule has 5 nitrogen and oxygen atoms in total. The van der Waals surface area contributed by atoms with Crippen LogP contribution >= 0.6 is 0 Å². The molecule has 1 unspecified atom stereocenters. The first-order valence-corrected chi connectivity index (χ1v) is 5.79. The van der Waals surface area contributed by atoms with E-state index in [1.807, 2.05) is 6.92 Å². The Kier molecular flexibility index (Phi) is 5.08. The van der Waals surface area contributed by atoms with Crippen LogP contribution in [0, 0.1) is 0 Å². The third kappa shape index (κ3) is 4.72. The van der Waals surface area contributed by atoms with Gasteiger partial charge in [-0.25, -0.2) is 0 Å². The van der Waals surface area contributed by atoms with Crippen molar-refractivity contribution in [2.24, 2.45) is 0 Å². The third-order valence-corrected chi connectivity index (χ3v) is 2.26. The van der Waals surface area contributed by atoms with Gasteiger partial charge in [0.15, 0.2) is 5.69 Å². The molecule has 1 aromatic heterocycles. The van der Waals surface area contributed by atoms with E-state index >= 15 is 0 Å². The predicted molar refractivity (Wildman–Crippen MR) is 63.4 cm³/mol. The number of anilines is 1. The molecular weight excluding hydrogens is 261 g/mol. The molecule has 1 atom stereocenters. The fourth-order valence-corrected chi connectivity index (χ4v) is 1.25. The molecule has 0 aliphatic heterocycles. The van der Waals surface area contributed by atoms with Crippen molar-refractivity contribution in [1.82, 2.24) is 15.5 Å². The maximum atomic E-state index is 12.3.